The molecule has 0 spiro atoms. The number of rotatable bonds is 2. The lowest BCUT2D eigenvalue weighted by Crippen LogP contribution is -2.18. The molecule has 0 heterocycles. The van der Waals surface area contributed by atoms with Gasteiger partial charge < -0.3 is 9.47 Å². The highest BCUT2D eigenvalue weighted by molar-refractivity contribution is 5.66. The van der Waals surface area contributed by atoms with Gasteiger partial charge in [-0.25, -0.2) is 0 Å². The van der Waals surface area contributed by atoms with E-state index in [0.717, 1.165) is 25.7 Å². The van der Waals surface area contributed by atoms with Crippen LogP contribution in [-0.4, -0.2) is 24.1 Å². The minimum atomic E-state index is -0.132. The molecule has 4 heteroatoms. The third-order valence-corrected chi connectivity index (χ3v) is 3.77. The van der Waals surface area contributed by atoms with E-state index in [1.54, 1.807) is 0 Å². The molecule has 0 bridgehead atoms. The molecule has 0 aromatic rings. The largest absolute Gasteiger partial charge is 0.463 e. The fourth-order valence-corrected chi connectivity index (χ4v) is 2.84. The first-order chi connectivity index (χ1) is 9.58. The average molecular weight is 284 g/mol. The quantitative estimate of drug-likeness (QED) is 0.724. The van der Waals surface area contributed by atoms with Crippen molar-refractivity contribution in [1.82, 2.24) is 0 Å². The Balaban J connectivity index is 0.000000200. The summed E-state index contributed by atoms with van der Waals surface area (Å²) >= 11 is 0. The molecule has 0 aliphatic heterocycles. The summed E-state index contributed by atoms with van der Waals surface area (Å²) in [5.74, 6) is -0.265. The molecule has 2 fully saturated rings. The van der Waals surface area contributed by atoms with E-state index in [-0.39, 0.29) is 24.1 Å². The number of hydrogen-bond acceptors (Lipinski definition) is 4. The monoisotopic (exact) mass is 284 g/mol. The highest BCUT2D eigenvalue weighted by Crippen LogP contribution is 2.20. The third-order valence-electron chi connectivity index (χ3n) is 3.77. The Morgan fingerprint density at radius 2 is 0.950 bits per heavy atom. The molecule has 2 rings (SSSR count). The summed E-state index contributed by atoms with van der Waals surface area (Å²) in [7, 11) is 0. The van der Waals surface area contributed by atoms with Crippen LogP contribution in [0.2, 0.25) is 0 Å². The number of ether oxygens (including phenoxy) is 2. The second-order valence-electron chi connectivity index (χ2n) is 5.74. The first-order valence-corrected chi connectivity index (χ1v) is 7.92. The molecule has 0 N–H and O–H groups in total. The zero-order chi connectivity index (χ0) is 14.8. The lowest BCUT2D eigenvalue weighted by molar-refractivity contribution is -0.148. The van der Waals surface area contributed by atoms with Crippen molar-refractivity contribution in [2.75, 3.05) is 0 Å². The predicted octanol–water partition coefficient (Wildman–Crippen LogP) is 3.76. The van der Waals surface area contributed by atoms with Gasteiger partial charge in [0.25, 0.3) is 0 Å². The van der Waals surface area contributed by atoms with Crippen molar-refractivity contribution < 1.29 is 19.1 Å². The van der Waals surface area contributed by atoms with Gasteiger partial charge in [0.05, 0.1) is 0 Å². The lowest BCUT2D eigenvalue weighted by Gasteiger charge is -2.20. The van der Waals surface area contributed by atoms with Gasteiger partial charge in [-0.3, -0.25) is 9.59 Å². The molecule has 0 unspecified atom stereocenters. The SMILES string of the molecule is CC(=O)OC1CCCCC1.CC(=O)OC1CCCCC1. The minimum absolute atomic E-state index is 0.132. The number of carbonyl (C=O) groups excluding carboxylic acids is 2. The van der Waals surface area contributed by atoms with E-state index >= 15 is 0 Å². The van der Waals surface area contributed by atoms with Gasteiger partial charge in [-0.2, -0.15) is 0 Å². The summed E-state index contributed by atoms with van der Waals surface area (Å²) in [4.78, 5) is 21.0. The average Bonchev–Trinajstić information content (AvgIpc) is 2.40. The van der Waals surface area contributed by atoms with Crippen LogP contribution in [-0.2, 0) is 19.1 Å². The van der Waals surface area contributed by atoms with Gasteiger partial charge in [0.1, 0.15) is 12.2 Å². The van der Waals surface area contributed by atoms with Gasteiger partial charge in [-0.1, -0.05) is 12.8 Å². The van der Waals surface area contributed by atoms with E-state index in [1.165, 1.54) is 52.4 Å². The third kappa shape index (κ3) is 8.18. The normalized spacial score (nSPS) is 20.5. The summed E-state index contributed by atoms with van der Waals surface area (Å²) in [5, 5.41) is 0. The van der Waals surface area contributed by atoms with E-state index in [4.69, 9.17) is 9.47 Å². The second-order valence-corrected chi connectivity index (χ2v) is 5.74. The molecule has 0 atom stereocenters. The molecule has 4 nitrogen and oxygen atoms in total. The van der Waals surface area contributed by atoms with Crippen LogP contribution in [0.5, 0.6) is 0 Å². The fourth-order valence-electron chi connectivity index (χ4n) is 2.84. The summed E-state index contributed by atoms with van der Waals surface area (Å²) in [6, 6.07) is 0. The highest BCUT2D eigenvalue weighted by Gasteiger charge is 2.15. The van der Waals surface area contributed by atoms with Crippen LogP contribution in [0, 0.1) is 0 Å². The van der Waals surface area contributed by atoms with E-state index in [9.17, 15) is 9.59 Å². The van der Waals surface area contributed by atoms with Gasteiger partial charge in [-0.15, -0.1) is 0 Å². The molecule has 0 amide bonds. The Morgan fingerprint density at radius 3 is 1.20 bits per heavy atom. The Morgan fingerprint density at radius 1 is 0.650 bits per heavy atom. The predicted molar refractivity (Wildman–Crippen MR) is 77.3 cm³/mol. The maximum atomic E-state index is 10.5. The minimum Gasteiger partial charge on any atom is -0.463 e. The molecule has 0 aromatic carbocycles. The highest BCUT2D eigenvalue weighted by atomic mass is 16.5. The van der Waals surface area contributed by atoms with Crippen molar-refractivity contribution in [2.45, 2.75) is 90.3 Å². The standard InChI is InChI=1S/2C8H14O2/c2*1-7(9)10-8-5-3-2-4-6-8/h2*8H,2-6H2,1H3. The second kappa shape index (κ2) is 9.78. The Bertz CT molecular complexity index is 259. The number of hydrogen-bond donors (Lipinski definition) is 0. The van der Waals surface area contributed by atoms with E-state index in [0.29, 0.717) is 0 Å². The van der Waals surface area contributed by atoms with E-state index in [2.05, 4.69) is 0 Å². The van der Waals surface area contributed by atoms with Gasteiger partial charge in [0.15, 0.2) is 0 Å². The maximum Gasteiger partial charge on any atom is 0.302 e. The van der Waals surface area contributed by atoms with Crippen LogP contribution < -0.4 is 0 Å². The van der Waals surface area contributed by atoms with Crippen LogP contribution in [0.25, 0.3) is 0 Å². The molecule has 2 aliphatic carbocycles. The van der Waals surface area contributed by atoms with Crippen molar-refractivity contribution in [1.29, 1.82) is 0 Å². The Labute approximate surface area is 122 Å². The Kier molecular flexibility index (Phi) is 8.31. The smallest absolute Gasteiger partial charge is 0.302 e. The van der Waals surface area contributed by atoms with Gasteiger partial charge >= 0.3 is 11.9 Å². The van der Waals surface area contributed by atoms with Crippen molar-refractivity contribution in [3.05, 3.63) is 0 Å². The maximum absolute atomic E-state index is 10.5. The van der Waals surface area contributed by atoms with Gasteiger partial charge in [0.2, 0.25) is 0 Å². The topological polar surface area (TPSA) is 52.6 Å². The molecular formula is C16H28O4. The molecule has 2 aliphatic rings. The van der Waals surface area contributed by atoms with Crippen molar-refractivity contribution >= 4 is 11.9 Å². The number of carbonyl (C=O) groups is 2. The summed E-state index contributed by atoms with van der Waals surface area (Å²) < 4.78 is 10.1. The van der Waals surface area contributed by atoms with Crippen molar-refractivity contribution in [2.24, 2.45) is 0 Å². The molecular weight excluding hydrogens is 256 g/mol. The number of esters is 2. The molecule has 0 radical (unpaired) electrons. The van der Waals surface area contributed by atoms with Crippen molar-refractivity contribution in [3.8, 4) is 0 Å². The molecule has 20 heavy (non-hydrogen) atoms. The fraction of sp³-hybridized carbons (Fsp3) is 0.875. The zero-order valence-corrected chi connectivity index (χ0v) is 12.9. The van der Waals surface area contributed by atoms with Crippen LogP contribution >= 0.6 is 0 Å². The summed E-state index contributed by atoms with van der Waals surface area (Å²) in [5.41, 5.74) is 0. The van der Waals surface area contributed by atoms with Crippen LogP contribution in [0.15, 0.2) is 0 Å². The van der Waals surface area contributed by atoms with Gasteiger partial charge in [-0.05, 0) is 51.4 Å². The first-order valence-electron chi connectivity index (χ1n) is 7.92. The molecule has 0 saturated heterocycles. The summed E-state index contributed by atoms with van der Waals surface area (Å²) in [6.45, 7) is 2.96. The van der Waals surface area contributed by atoms with Gasteiger partial charge in [0, 0.05) is 13.8 Å². The zero-order valence-electron chi connectivity index (χ0n) is 12.9. The van der Waals surface area contributed by atoms with E-state index < -0.39 is 0 Å². The molecule has 0 aromatic heterocycles. The van der Waals surface area contributed by atoms with E-state index in [1.807, 2.05) is 0 Å². The molecule has 116 valence electrons. The van der Waals surface area contributed by atoms with Crippen LogP contribution in [0.3, 0.4) is 0 Å². The van der Waals surface area contributed by atoms with Crippen LogP contribution in [0.1, 0.15) is 78.1 Å². The molecule has 2 saturated carbocycles. The summed E-state index contributed by atoms with van der Waals surface area (Å²) in [6.07, 6.45) is 12.2. The Hall–Kier alpha value is -1.06. The van der Waals surface area contributed by atoms with Crippen molar-refractivity contribution in [3.63, 3.8) is 0 Å². The van der Waals surface area contributed by atoms with Crippen LogP contribution in [0.4, 0.5) is 0 Å². The first kappa shape index (κ1) is 17.0. The lowest BCUT2D eigenvalue weighted by atomic mass is 9.98.